The van der Waals surface area contributed by atoms with Crippen LogP contribution in [0.5, 0.6) is 0 Å². The van der Waals surface area contributed by atoms with Crippen LogP contribution in [0.25, 0.3) is 0 Å². The van der Waals surface area contributed by atoms with E-state index in [2.05, 4.69) is 46.9 Å². The lowest BCUT2D eigenvalue weighted by Crippen LogP contribution is -2.60. The first-order valence-corrected chi connectivity index (χ1v) is 6.53. The molecule has 0 aliphatic heterocycles. The van der Waals surface area contributed by atoms with Gasteiger partial charge in [-0.3, -0.25) is 0 Å². The predicted octanol–water partition coefficient (Wildman–Crippen LogP) is 2.42. The van der Waals surface area contributed by atoms with Crippen molar-refractivity contribution < 1.29 is 5.11 Å². The normalized spacial score (nSPS) is 39.2. The van der Waals surface area contributed by atoms with Gasteiger partial charge >= 0.3 is 0 Å². The fourth-order valence-corrected chi connectivity index (χ4v) is 3.35. The quantitative estimate of drug-likeness (QED) is 0.773. The first kappa shape index (κ1) is 12.4. The van der Waals surface area contributed by atoms with Gasteiger partial charge in [-0.05, 0) is 29.7 Å². The average molecular weight is 225 g/mol. The predicted molar refractivity (Wildman–Crippen MR) is 67.2 cm³/mol. The molecule has 2 saturated carbocycles. The van der Waals surface area contributed by atoms with E-state index in [0.717, 1.165) is 18.9 Å². The molecule has 0 aromatic heterocycles. The molecule has 0 spiro atoms. The van der Waals surface area contributed by atoms with E-state index in [9.17, 15) is 5.11 Å². The van der Waals surface area contributed by atoms with Gasteiger partial charge in [-0.2, -0.15) is 0 Å². The molecule has 2 atom stereocenters. The summed E-state index contributed by atoms with van der Waals surface area (Å²) >= 11 is 0. The lowest BCUT2D eigenvalue weighted by Gasteiger charge is -2.49. The largest absolute Gasteiger partial charge is 0.392 e. The zero-order valence-corrected chi connectivity index (χ0v) is 11.6. The van der Waals surface area contributed by atoms with Gasteiger partial charge in [0.1, 0.15) is 0 Å². The van der Waals surface area contributed by atoms with Crippen LogP contribution in [0.2, 0.25) is 0 Å². The lowest BCUT2D eigenvalue weighted by molar-refractivity contribution is -0.0728. The van der Waals surface area contributed by atoms with Crippen LogP contribution in [-0.2, 0) is 0 Å². The van der Waals surface area contributed by atoms with Gasteiger partial charge in [0.2, 0.25) is 0 Å². The Hall–Kier alpha value is -0.0800. The van der Waals surface area contributed by atoms with E-state index in [1.165, 1.54) is 0 Å². The van der Waals surface area contributed by atoms with Gasteiger partial charge in [-0.15, -0.1) is 0 Å². The fraction of sp³-hybridized carbons (Fsp3) is 1.00. The number of aliphatic hydroxyl groups excluding tert-OH is 1. The van der Waals surface area contributed by atoms with Crippen LogP contribution in [0, 0.1) is 22.2 Å². The Kier molecular flexibility index (Phi) is 2.50. The molecule has 0 aromatic carbocycles. The van der Waals surface area contributed by atoms with Crippen molar-refractivity contribution >= 4 is 0 Å². The molecule has 2 rings (SSSR count). The Morgan fingerprint density at radius 1 is 1.06 bits per heavy atom. The number of rotatable bonds is 3. The Bertz CT molecular complexity index is 279. The third-order valence-corrected chi connectivity index (χ3v) is 6.10. The van der Waals surface area contributed by atoms with Gasteiger partial charge < -0.3 is 10.4 Å². The van der Waals surface area contributed by atoms with Crippen LogP contribution in [0.3, 0.4) is 0 Å². The molecule has 0 bridgehead atoms. The minimum atomic E-state index is -0.120. The fourth-order valence-electron chi connectivity index (χ4n) is 3.35. The summed E-state index contributed by atoms with van der Waals surface area (Å²) in [7, 11) is 0. The summed E-state index contributed by atoms with van der Waals surface area (Å²) in [5.74, 6) is 0.772. The van der Waals surface area contributed by atoms with E-state index in [4.69, 9.17) is 0 Å². The molecule has 94 valence electrons. The average Bonchev–Trinajstić information content (AvgIpc) is 2.53. The standard InChI is InChI=1S/C14H27NO/c1-12(2)10(7-11(12)16)15-8-9-13(3,4)14(9,5)6/h9-11,15-16H,7-8H2,1-6H3. The van der Waals surface area contributed by atoms with Crippen LogP contribution in [0.15, 0.2) is 0 Å². The van der Waals surface area contributed by atoms with Crippen molar-refractivity contribution in [2.75, 3.05) is 6.54 Å². The van der Waals surface area contributed by atoms with Gasteiger partial charge in [0.15, 0.2) is 0 Å². The summed E-state index contributed by atoms with van der Waals surface area (Å²) < 4.78 is 0. The highest BCUT2D eigenvalue weighted by Gasteiger charge is 2.64. The number of hydrogen-bond donors (Lipinski definition) is 2. The van der Waals surface area contributed by atoms with E-state index in [1.807, 2.05) is 0 Å². The Morgan fingerprint density at radius 3 is 1.88 bits per heavy atom. The summed E-state index contributed by atoms with van der Waals surface area (Å²) in [5, 5.41) is 13.3. The van der Waals surface area contributed by atoms with E-state index < -0.39 is 0 Å². The maximum Gasteiger partial charge on any atom is 0.0621 e. The molecule has 2 aliphatic rings. The van der Waals surface area contributed by atoms with Crippen molar-refractivity contribution in [3.05, 3.63) is 0 Å². The smallest absolute Gasteiger partial charge is 0.0621 e. The Morgan fingerprint density at radius 2 is 1.56 bits per heavy atom. The Balaban J connectivity index is 1.83. The minimum Gasteiger partial charge on any atom is -0.392 e. The van der Waals surface area contributed by atoms with Crippen molar-refractivity contribution in [2.45, 2.75) is 60.1 Å². The lowest BCUT2D eigenvalue weighted by atomic mass is 9.64. The van der Waals surface area contributed by atoms with Crippen molar-refractivity contribution in [2.24, 2.45) is 22.2 Å². The molecule has 0 aromatic rings. The third-order valence-electron chi connectivity index (χ3n) is 6.10. The van der Waals surface area contributed by atoms with Gasteiger partial charge in [-0.25, -0.2) is 0 Å². The number of hydrogen-bond acceptors (Lipinski definition) is 2. The van der Waals surface area contributed by atoms with Crippen LogP contribution in [0.4, 0.5) is 0 Å². The molecule has 0 radical (unpaired) electrons. The molecule has 0 heterocycles. The molecule has 2 heteroatoms. The summed E-state index contributed by atoms with van der Waals surface area (Å²) in [6.07, 6.45) is 0.797. The molecule has 2 aliphatic carbocycles. The second kappa shape index (κ2) is 3.23. The molecule has 0 saturated heterocycles. The number of aliphatic hydroxyl groups is 1. The zero-order chi connectivity index (χ0) is 12.4. The summed E-state index contributed by atoms with van der Waals surface area (Å²) in [6, 6.07) is 0.495. The second-order valence-electron chi connectivity index (χ2n) is 7.53. The molecule has 2 fully saturated rings. The topological polar surface area (TPSA) is 32.3 Å². The maximum atomic E-state index is 9.69. The monoisotopic (exact) mass is 225 g/mol. The maximum absolute atomic E-state index is 9.69. The third kappa shape index (κ3) is 1.46. The summed E-state index contributed by atoms with van der Waals surface area (Å²) in [4.78, 5) is 0. The molecule has 0 amide bonds. The highest BCUT2D eigenvalue weighted by atomic mass is 16.3. The van der Waals surface area contributed by atoms with Crippen LogP contribution >= 0.6 is 0 Å². The van der Waals surface area contributed by atoms with Crippen LogP contribution in [-0.4, -0.2) is 23.8 Å². The van der Waals surface area contributed by atoms with E-state index in [0.29, 0.717) is 16.9 Å². The van der Waals surface area contributed by atoms with Crippen LogP contribution in [0.1, 0.15) is 48.0 Å². The highest BCUT2D eigenvalue weighted by Crippen LogP contribution is 2.68. The summed E-state index contributed by atoms with van der Waals surface area (Å²) in [6.45, 7) is 14.9. The van der Waals surface area contributed by atoms with Crippen molar-refractivity contribution in [3.63, 3.8) is 0 Å². The van der Waals surface area contributed by atoms with Gasteiger partial charge in [0.25, 0.3) is 0 Å². The van der Waals surface area contributed by atoms with Crippen molar-refractivity contribution in [3.8, 4) is 0 Å². The zero-order valence-electron chi connectivity index (χ0n) is 11.6. The SMILES string of the molecule is CC1(C)C(O)CC1NCC1C(C)(C)C1(C)C. The van der Waals surface area contributed by atoms with E-state index in [1.54, 1.807) is 0 Å². The first-order chi connectivity index (χ1) is 7.12. The molecule has 2 N–H and O–H groups in total. The molecule has 2 nitrogen and oxygen atoms in total. The first-order valence-electron chi connectivity index (χ1n) is 6.53. The second-order valence-corrected chi connectivity index (χ2v) is 7.53. The van der Waals surface area contributed by atoms with E-state index >= 15 is 0 Å². The molecule has 16 heavy (non-hydrogen) atoms. The summed E-state index contributed by atoms with van der Waals surface area (Å²) in [5.41, 5.74) is 0.988. The van der Waals surface area contributed by atoms with Crippen molar-refractivity contribution in [1.29, 1.82) is 0 Å². The van der Waals surface area contributed by atoms with Gasteiger partial charge in [0, 0.05) is 11.5 Å². The van der Waals surface area contributed by atoms with E-state index in [-0.39, 0.29) is 11.5 Å². The van der Waals surface area contributed by atoms with Gasteiger partial charge in [-0.1, -0.05) is 41.5 Å². The molecular formula is C14H27NO. The molecule has 2 unspecified atom stereocenters. The highest BCUT2D eigenvalue weighted by molar-refractivity contribution is 5.13. The van der Waals surface area contributed by atoms with Gasteiger partial charge in [0.05, 0.1) is 6.10 Å². The van der Waals surface area contributed by atoms with Crippen molar-refractivity contribution in [1.82, 2.24) is 5.32 Å². The number of nitrogens with one attached hydrogen (secondary N) is 1. The molecular weight excluding hydrogens is 198 g/mol. The Labute approximate surface area is 99.8 Å². The van der Waals surface area contributed by atoms with Crippen LogP contribution < -0.4 is 5.32 Å². The minimum absolute atomic E-state index is 0.0587.